The fourth-order valence-electron chi connectivity index (χ4n) is 1.68. The van der Waals surface area contributed by atoms with Crippen LogP contribution in [0.25, 0.3) is 0 Å². The van der Waals surface area contributed by atoms with Gasteiger partial charge >= 0.3 is 0 Å². The quantitative estimate of drug-likeness (QED) is 0.877. The van der Waals surface area contributed by atoms with Gasteiger partial charge in [0, 0.05) is 30.0 Å². The number of hydrogen-bond acceptors (Lipinski definition) is 2. The smallest absolute Gasteiger partial charge is 0.240 e. The molecule has 1 rings (SSSR count). The van der Waals surface area contributed by atoms with Crippen molar-refractivity contribution in [2.24, 2.45) is 0 Å². The number of nitrogens with one attached hydrogen (secondary N) is 2. The lowest BCUT2D eigenvalue weighted by molar-refractivity contribution is -0.123. The first-order chi connectivity index (χ1) is 8.55. The second kappa shape index (κ2) is 5.78. The highest BCUT2D eigenvalue weighted by molar-refractivity contribution is 5.76. The fraction of sp³-hybridized carbons (Fsp3) is 0.667. The molecule has 0 saturated carbocycles. The zero-order valence-corrected chi connectivity index (χ0v) is 13.0. The number of rotatable bonds is 4. The fourth-order valence-corrected chi connectivity index (χ4v) is 1.68. The van der Waals surface area contributed by atoms with Gasteiger partial charge in [0.2, 0.25) is 5.91 Å². The van der Waals surface area contributed by atoms with Crippen LogP contribution in [0.3, 0.4) is 0 Å². The van der Waals surface area contributed by atoms with E-state index in [-0.39, 0.29) is 17.0 Å². The van der Waals surface area contributed by atoms with E-state index in [9.17, 15) is 4.79 Å². The Morgan fingerprint density at radius 2 is 1.79 bits per heavy atom. The van der Waals surface area contributed by atoms with Crippen LogP contribution in [0.4, 0.5) is 0 Å². The molecule has 0 aromatic carbocycles. The standard InChI is InChI=1S/C15H27N3O/c1-14(2,3)16-9-12-7-8-18(10-12)11-13(19)17-15(4,5)6/h7-8,10,16H,9,11H2,1-6H3,(H,17,19). The van der Waals surface area contributed by atoms with Gasteiger partial charge in [0.15, 0.2) is 0 Å². The predicted molar refractivity (Wildman–Crippen MR) is 78.9 cm³/mol. The van der Waals surface area contributed by atoms with Crippen molar-refractivity contribution in [3.05, 3.63) is 24.0 Å². The van der Waals surface area contributed by atoms with Gasteiger partial charge < -0.3 is 15.2 Å². The normalized spacial score (nSPS) is 12.5. The molecule has 0 saturated heterocycles. The van der Waals surface area contributed by atoms with Crippen LogP contribution in [0.15, 0.2) is 18.5 Å². The summed E-state index contributed by atoms with van der Waals surface area (Å²) < 4.78 is 1.92. The van der Waals surface area contributed by atoms with Crippen LogP contribution in [-0.4, -0.2) is 21.6 Å². The summed E-state index contributed by atoms with van der Waals surface area (Å²) in [6.45, 7) is 13.6. The highest BCUT2D eigenvalue weighted by atomic mass is 16.2. The molecule has 1 heterocycles. The second-order valence-corrected chi connectivity index (χ2v) is 7.09. The maximum Gasteiger partial charge on any atom is 0.240 e. The number of carbonyl (C=O) groups excluding carboxylic acids is 1. The predicted octanol–water partition coefficient (Wildman–Crippen LogP) is 2.29. The molecule has 0 unspecified atom stereocenters. The van der Waals surface area contributed by atoms with E-state index in [1.807, 2.05) is 43.8 Å². The lowest BCUT2D eigenvalue weighted by atomic mass is 10.1. The van der Waals surface area contributed by atoms with Crippen LogP contribution < -0.4 is 10.6 Å². The number of amides is 1. The first-order valence-corrected chi connectivity index (χ1v) is 6.76. The topological polar surface area (TPSA) is 46.1 Å². The summed E-state index contributed by atoms with van der Waals surface area (Å²) in [6, 6.07) is 2.04. The van der Waals surface area contributed by atoms with E-state index < -0.39 is 0 Å². The van der Waals surface area contributed by atoms with Crippen molar-refractivity contribution in [3.8, 4) is 0 Å². The molecule has 0 spiro atoms. The molecule has 4 heteroatoms. The Kier molecular flexibility index (Phi) is 4.80. The van der Waals surface area contributed by atoms with Crippen molar-refractivity contribution in [1.29, 1.82) is 0 Å². The van der Waals surface area contributed by atoms with E-state index in [4.69, 9.17) is 0 Å². The molecule has 1 aromatic rings. The maximum atomic E-state index is 11.8. The maximum absolute atomic E-state index is 11.8. The lowest BCUT2D eigenvalue weighted by Crippen LogP contribution is -2.42. The van der Waals surface area contributed by atoms with E-state index in [0.717, 1.165) is 6.54 Å². The Morgan fingerprint density at radius 1 is 1.16 bits per heavy atom. The SMILES string of the molecule is CC(C)(C)NCc1ccn(CC(=O)NC(C)(C)C)c1. The largest absolute Gasteiger partial charge is 0.350 e. The Labute approximate surface area is 116 Å². The summed E-state index contributed by atoms with van der Waals surface area (Å²) >= 11 is 0. The molecular formula is C15H27N3O. The zero-order chi connectivity index (χ0) is 14.7. The van der Waals surface area contributed by atoms with Gasteiger partial charge in [0.25, 0.3) is 0 Å². The third-order valence-electron chi connectivity index (χ3n) is 2.48. The molecule has 0 bridgehead atoms. The number of aromatic nitrogens is 1. The molecule has 2 N–H and O–H groups in total. The molecule has 1 aromatic heterocycles. The highest BCUT2D eigenvalue weighted by Gasteiger charge is 2.14. The summed E-state index contributed by atoms with van der Waals surface area (Å²) in [6.07, 6.45) is 3.96. The minimum Gasteiger partial charge on any atom is -0.350 e. The molecule has 0 atom stereocenters. The molecule has 0 aliphatic heterocycles. The molecule has 0 aliphatic carbocycles. The minimum absolute atomic E-state index is 0.0402. The number of hydrogen-bond donors (Lipinski definition) is 2. The summed E-state index contributed by atoms with van der Waals surface area (Å²) in [7, 11) is 0. The van der Waals surface area contributed by atoms with Crippen LogP contribution >= 0.6 is 0 Å². The van der Waals surface area contributed by atoms with E-state index in [1.165, 1.54) is 5.56 Å². The van der Waals surface area contributed by atoms with Crippen LogP contribution in [-0.2, 0) is 17.9 Å². The van der Waals surface area contributed by atoms with Gasteiger partial charge in [-0.05, 0) is 53.2 Å². The molecule has 0 aliphatic rings. The van der Waals surface area contributed by atoms with Crippen LogP contribution in [0.1, 0.15) is 47.1 Å². The molecular weight excluding hydrogens is 238 g/mol. The Balaban J connectivity index is 2.49. The first kappa shape index (κ1) is 15.8. The van der Waals surface area contributed by atoms with E-state index in [1.54, 1.807) is 0 Å². The molecule has 4 nitrogen and oxygen atoms in total. The summed E-state index contributed by atoms with van der Waals surface area (Å²) in [5, 5.41) is 6.39. The Morgan fingerprint density at radius 3 is 2.32 bits per heavy atom. The number of carbonyl (C=O) groups is 1. The molecule has 1 amide bonds. The molecule has 19 heavy (non-hydrogen) atoms. The average Bonchev–Trinajstić information content (AvgIpc) is 2.58. The van der Waals surface area contributed by atoms with Gasteiger partial charge in [0.1, 0.15) is 6.54 Å². The molecule has 108 valence electrons. The minimum atomic E-state index is -0.180. The zero-order valence-electron chi connectivity index (χ0n) is 13.0. The van der Waals surface area contributed by atoms with Gasteiger partial charge in [-0.25, -0.2) is 0 Å². The van der Waals surface area contributed by atoms with Gasteiger partial charge in [-0.15, -0.1) is 0 Å². The van der Waals surface area contributed by atoms with Gasteiger partial charge in [0.05, 0.1) is 0 Å². The van der Waals surface area contributed by atoms with E-state index in [2.05, 4.69) is 31.4 Å². The van der Waals surface area contributed by atoms with Crippen LogP contribution in [0.5, 0.6) is 0 Å². The summed E-state index contributed by atoms with van der Waals surface area (Å²) in [5.74, 6) is 0.0402. The van der Waals surface area contributed by atoms with Crippen molar-refractivity contribution >= 4 is 5.91 Å². The van der Waals surface area contributed by atoms with Gasteiger partial charge in [-0.1, -0.05) is 0 Å². The Hall–Kier alpha value is -1.29. The first-order valence-electron chi connectivity index (χ1n) is 6.76. The van der Waals surface area contributed by atoms with E-state index in [0.29, 0.717) is 6.54 Å². The summed E-state index contributed by atoms with van der Waals surface area (Å²) in [5.41, 5.74) is 1.12. The van der Waals surface area contributed by atoms with E-state index >= 15 is 0 Å². The average molecular weight is 265 g/mol. The lowest BCUT2D eigenvalue weighted by Gasteiger charge is -2.20. The molecule has 0 fully saturated rings. The highest BCUT2D eigenvalue weighted by Crippen LogP contribution is 2.06. The van der Waals surface area contributed by atoms with Crippen molar-refractivity contribution < 1.29 is 4.79 Å². The number of nitrogens with zero attached hydrogens (tertiary/aromatic N) is 1. The van der Waals surface area contributed by atoms with Crippen molar-refractivity contribution in [2.75, 3.05) is 0 Å². The van der Waals surface area contributed by atoms with Crippen molar-refractivity contribution in [1.82, 2.24) is 15.2 Å². The monoisotopic (exact) mass is 265 g/mol. The third kappa shape index (κ3) is 7.01. The summed E-state index contributed by atoms with van der Waals surface area (Å²) in [4.78, 5) is 11.8. The third-order valence-corrected chi connectivity index (χ3v) is 2.48. The van der Waals surface area contributed by atoms with Crippen LogP contribution in [0, 0.1) is 0 Å². The van der Waals surface area contributed by atoms with Gasteiger partial charge in [-0.3, -0.25) is 4.79 Å². The van der Waals surface area contributed by atoms with Gasteiger partial charge in [-0.2, -0.15) is 0 Å². The Bertz CT molecular complexity index is 421. The van der Waals surface area contributed by atoms with Crippen molar-refractivity contribution in [3.63, 3.8) is 0 Å². The second-order valence-electron chi connectivity index (χ2n) is 7.09. The van der Waals surface area contributed by atoms with Crippen molar-refractivity contribution in [2.45, 2.75) is 65.7 Å². The van der Waals surface area contributed by atoms with Crippen LogP contribution in [0.2, 0.25) is 0 Å². The molecule has 0 radical (unpaired) electrons.